The van der Waals surface area contributed by atoms with E-state index in [9.17, 15) is 0 Å². The van der Waals surface area contributed by atoms with E-state index in [0.29, 0.717) is 5.41 Å². The van der Waals surface area contributed by atoms with Gasteiger partial charge in [-0.2, -0.15) is 0 Å². The Morgan fingerprint density at radius 2 is 1.95 bits per heavy atom. The average molecular weight is 261 g/mol. The molecule has 1 saturated heterocycles. The van der Waals surface area contributed by atoms with Crippen molar-refractivity contribution in [1.82, 2.24) is 4.98 Å². The van der Waals surface area contributed by atoms with Crippen LogP contribution in [0.1, 0.15) is 58.1 Å². The Morgan fingerprint density at radius 1 is 1.32 bits per heavy atom. The highest BCUT2D eigenvalue weighted by atomic mass is 15.2. The fraction of sp³-hybridized carbons (Fsp3) is 0.688. The predicted molar refractivity (Wildman–Crippen MR) is 81.3 cm³/mol. The van der Waals surface area contributed by atoms with E-state index >= 15 is 0 Å². The molecule has 2 heterocycles. The van der Waals surface area contributed by atoms with Crippen molar-refractivity contribution >= 4 is 5.82 Å². The molecular formula is C16H27N3. The largest absolute Gasteiger partial charge is 0.356 e. The second-order valence-electron chi connectivity index (χ2n) is 5.90. The summed E-state index contributed by atoms with van der Waals surface area (Å²) >= 11 is 0. The van der Waals surface area contributed by atoms with E-state index in [0.717, 1.165) is 18.9 Å². The summed E-state index contributed by atoms with van der Waals surface area (Å²) in [5.74, 6) is 1.10. The Bertz CT molecular complexity index is 400. The maximum Gasteiger partial charge on any atom is 0.133 e. The van der Waals surface area contributed by atoms with Gasteiger partial charge in [0.05, 0.1) is 0 Å². The second-order valence-corrected chi connectivity index (χ2v) is 5.90. The van der Waals surface area contributed by atoms with Crippen molar-refractivity contribution in [2.75, 3.05) is 18.0 Å². The van der Waals surface area contributed by atoms with Crippen LogP contribution in [-0.4, -0.2) is 18.1 Å². The first kappa shape index (κ1) is 14.3. The summed E-state index contributed by atoms with van der Waals surface area (Å²) in [5.41, 5.74) is 7.78. The number of rotatable bonds is 4. The lowest BCUT2D eigenvalue weighted by atomic mass is 9.74. The molecule has 2 N–H and O–H groups in total. The highest BCUT2D eigenvalue weighted by molar-refractivity contribution is 5.48. The molecule has 0 unspecified atom stereocenters. The number of anilines is 1. The molecule has 1 fully saturated rings. The number of hydrogen-bond acceptors (Lipinski definition) is 3. The van der Waals surface area contributed by atoms with Crippen LogP contribution in [-0.2, 0) is 0 Å². The molecule has 1 aliphatic rings. The average Bonchev–Trinajstić information content (AvgIpc) is 2.47. The highest BCUT2D eigenvalue weighted by Crippen LogP contribution is 2.39. The first-order valence-corrected chi connectivity index (χ1v) is 7.57. The lowest BCUT2D eigenvalue weighted by Gasteiger charge is -2.42. The van der Waals surface area contributed by atoms with Crippen LogP contribution in [0.15, 0.2) is 18.3 Å². The van der Waals surface area contributed by atoms with Crippen molar-refractivity contribution in [1.29, 1.82) is 0 Å². The number of nitrogens with two attached hydrogens (primary N) is 1. The normalized spacial score (nSPS) is 20.3. The van der Waals surface area contributed by atoms with Crippen LogP contribution in [0.4, 0.5) is 5.82 Å². The molecule has 0 bridgehead atoms. The van der Waals surface area contributed by atoms with Crippen molar-refractivity contribution in [2.45, 2.75) is 52.5 Å². The molecule has 1 aliphatic heterocycles. The molecule has 1 atom stereocenters. The van der Waals surface area contributed by atoms with Gasteiger partial charge in [-0.25, -0.2) is 4.98 Å². The third-order valence-electron chi connectivity index (χ3n) is 4.93. The van der Waals surface area contributed by atoms with E-state index in [2.05, 4.69) is 29.8 Å². The Hall–Kier alpha value is -1.09. The molecule has 1 aromatic heterocycles. The van der Waals surface area contributed by atoms with Gasteiger partial charge in [0.2, 0.25) is 0 Å². The van der Waals surface area contributed by atoms with E-state index in [4.69, 9.17) is 5.73 Å². The number of pyridine rings is 1. The molecule has 0 aliphatic carbocycles. The fourth-order valence-electron chi connectivity index (χ4n) is 3.18. The maximum atomic E-state index is 6.06. The zero-order valence-electron chi connectivity index (χ0n) is 12.5. The molecule has 0 saturated carbocycles. The van der Waals surface area contributed by atoms with Gasteiger partial charge in [0.25, 0.3) is 0 Å². The fourth-order valence-corrected chi connectivity index (χ4v) is 3.18. The standard InChI is InChI=1S/C16H27N3/c1-4-16(5-2)8-11-19(12-9-16)15-14(13(3)17)7-6-10-18-15/h6-7,10,13H,4-5,8-9,11-12,17H2,1-3H3/t13-/m0/s1. The van der Waals surface area contributed by atoms with Gasteiger partial charge >= 0.3 is 0 Å². The van der Waals surface area contributed by atoms with Crippen LogP contribution < -0.4 is 10.6 Å². The van der Waals surface area contributed by atoms with E-state index in [1.807, 2.05) is 19.2 Å². The zero-order chi connectivity index (χ0) is 13.9. The number of piperidine rings is 1. The molecule has 0 spiro atoms. The van der Waals surface area contributed by atoms with Crippen LogP contribution in [0, 0.1) is 5.41 Å². The van der Waals surface area contributed by atoms with Gasteiger partial charge in [-0.1, -0.05) is 32.8 Å². The van der Waals surface area contributed by atoms with Crippen molar-refractivity contribution in [2.24, 2.45) is 11.1 Å². The van der Waals surface area contributed by atoms with E-state index in [-0.39, 0.29) is 6.04 Å². The van der Waals surface area contributed by atoms with Crippen LogP contribution >= 0.6 is 0 Å². The molecule has 0 amide bonds. The Kier molecular flexibility index (Phi) is 4.46. The Morgan fingerprint density at radius 3 is 2.47 bits per heavy atom. The van der Waals surface area contributed by atoms with Crippen molar-refractivity contribution in [3.63, 3.8) is 0 Å². The molecular weight excluding hydrogens is 234 g/mol. The summed E-state index contributed by atoms with van der Waals surface area (Å²) in [5, 5.41) is 0. The minimum atomic E-state index is 0.0488. The summed E-state index contributed by atoms with van der Waals surface area (Å²) in [6, 6.07) is 4.14. The molecule has 0 aromatic carbocycles. The van der Waals surface area contributed by atoms with Crippen molar-refractivity contribution < 1.29 is 0 Å². The maximum absolute atomic E-state index is 6.06. The van der Waals surface area contributed by atoms with Crippen LogP contribution in [0.2, 0.25) is 0 Å². The molecule has 1 aromatic rings. The van der Waals surface area contributed by atoms with Gasteiger partial charge in [-0.3, -0.25) is 0 Å². The van der Waals surface area contributed by atoms with Gasteiger partial charge in [0, 0.05) is 30.9 Å². The summed E-state index contributed by atoms with van der Waals surface area (Å²) in [4.78, 5) is 6.99. The topological polar surface area (TPSA) is 42.2 Å². The Balaban J connectivity index is 2.14. The van der Waals surface area contributed by atoms with E-state index in [1.165, 1.54) is 31.2 Å². The van der Waals surface area contributed by atoms with Crippen LogP contribution in [0.3, 0.4) is 0 Å². The third-order valence-corrected chi connectivity index (χ3v) is 4.93. The predicted octanol–water partition coefficient (Wildman–Crippen LogP) is 3.51. The molecule has 3 heteroatoms. The van der Waals surface area contributed by atoms with E-state index in [1.54, 1.807) is 0 Å². The molecule has 3 nitrogen and oxygen atoms in total. The summed E-state index contributed by atoms with van der Waals surface area (Å²) in [7, 11) is 0. The molecule has 19 heavy (non-hydrogen) atoms. The van der Waals surface area contributed by atoms with Gasteiger partial charge in [0.15, 0.2) is 0 Å². The second kappa shape index (κ2) is 5.91. The van der Waals surface area contributed by atoms with Crippen molar-refractivity contribution in [3.8, 4) is 0 Å². The summed E-state index contributed by atoms with van der Waals surface area (Å²) in [6.07, 6.45) is 7.01. The molecule has 2 rings (SSSR count). The summed E-state index contributed by atoms with van der Waals surface area (Å²) < 4.78 is 0. The van der Waals surface area contributed by atoms with Gasteiger partial charge < -0.3 is 10.6 Å². The Labute approximate surface area is 117 Å². The van der Waals surface area contributed by atoms with Crippen molar-refractivity contribution in [3.05, 3.63) is 23.9 Å². The SMILES string of the molecule is CCC1(CC)CCN(c2ncccc2[C@H](C)N)CC1. The summed E-state index contributed by atoms with van der Waals surface area (Å²) in [6.45, 7) is 8.91. The minimum absolute atomic E-state index is 0.0488. The number of nitrogens with zero attached hydrogens (tertiary/aromatic N) is 2. The van der Waals surface area contributed by atoms with Gasteiger partial charge in [0.1, 0.15) is 5.82 Å². The molecule has 106 valence electrons. The van der Waals surface area contributed by atoms with Gasteiger partial charge in [-0.15, -0.1) is 0 Å². The number of aromatic nitrogens is 1. The minimum Gasteiger partial charge on any atom is -0.356 e. The lowest BCUT2D eigenvalue weighted by Crippen LogP contribution is -2.40. The number of hydrogen-bond donors (Lipinski definition) is 1. The van der Waals surface area contributed by atoms with Crippen LogP contribution in [0.25, 0.3) is 0 Å². The van der Waals surface area contributed by atoms with E-state index < -0.39 is 0 Å². The highest BCUT2D eigenvalue weighted by Gasteiger charge is 2.32. The van der Waals surface area contributed by atoms with Gasteiger partial charge in [-0.05, 0) is 31.2 Å². The van der Waals surface area contributed by atoms with Crippen LogP contribution in [0.5, 0.6) is 0 Å². The smallest absolute Gasteiger partial charge is 0.133 e. The quantitative estimate of drug-likeness (QED) is 0.902. The monoisotopic (exact) mass is 261 g/mol. The lowest BCUT2D eigenvalue weighted by molar-refractivity contribution is 0.199. The first-order chi connectivity index (χ1) is 9.12. The third kappa shape index (κ3) is 2.92. The zero-order valence-corrected chi connectivity index (χ0v) is 12.5. The first-order valence-electron chi connectivity index (χ1n) is 7.57. The molecule has 0 radical (unpaired) electrons.